The maximum absolute atomic E-state index is 11.5. The van der Waals surface area contributed by atoms with Gasteiger partial charge in [-0.15, -0.1) is 0 Å². The van der Waals surface area contributed by atoms with Crippen LogP contribution in [0.1, 0.15) is 28.9 Å². The molecule has 1 aromatic rings. The molecular weight excluding hydrogens is 166 g/mol. The van der Waals surface area contributed by atoms with Crippen LogP contribution >= 0.6 is 0 Å². The number of fused-ring (bicyclic) bond motifs is 1. The molecule has 0 saturated heterocycles. The van der Waals surface area contributed by atoms with E-state index >= 15 is 0 Å². The van der Waals surface area contributed by atoms with Gasteiger partial charge < -0.3 is 4.74 Å². The molecule has 0 atom stereocenters. The summed E-state index contributed by atoms with van der Waals surface area (Å²) in [6.07, 6.45) is 4.13. The molecule has 1 aliphatic carbocycles. The highest BCUT2D eigenvalue weighted by Crippen LogP contribution is 2.22. The van der Waals surface area contributed by atoms with Crippen molar-refractivity contribution in [1.29, 1.82) is 0 Å². The molecular formula is C10H11NO2. The summed E-state index contributed by atoms with van der Waals surface area (Å²) in [6, 6.07) is 1.78. The van der Waals surface area contributed by atoms with E-state index in [0.717, 1.165) is 24.1 Å². The number of Topliss-reactive ketones (excluding diaryl/α,β-unsaturated/α-hetero) is 1. The van der Waals surface area contributed by atoms with Gasteiger partial charge in [0.25, 0.3) is 0 Å². The fourth-order valence-electron chi connectivity index (χ4n) is 1.58. The summed E-state index contributed by atoms with van der Waals surface area (Å²) < 4.78 is 5.01. The third kappa shape index (κ3) is 1.41. The molecule has 68 valence electrons. The van der Waals surface area contributed by atoms with Crippen molar-refractivity contribution in [1.82, 2.24) is 4.98 Å². The van der Waals surface area contributed by atoms with Crippen LogP contribution in [-0.2, 0) is 6.42 Å². The van der Waals surface area contributed by atoms with E-state index in [1.165, 1.54) is 0 Å². The zero-order chi connectivity index (χ0) is 9.26. The summed E-state index contributed by atoms with van der Waals surface area (Å²) in [6.45, 7) is 0. The zero-order valence-electron chi connectivity index (χ0n) is 7.54. The van der Waals surface area contributed by atoms with E-state index < -0.39 is 0 Å². The van der Waals surface area contributed by atoms with Gasteiger partial charge in [-0.2, -0.15) is 0 Å². The number of pyridine rings is 1. The summed E-state index contributed by atoms with van der Waals surface area (Å²) >= 11 is 0. The smallest absolute Gasteiger partial charge is 0.164 e. The fraction of sp³-hybridized carbons (Fsp3) is 0.400. The first kappa shape index (κ1) is 8.23. The molecule has 0 spiro atoms. The monoisotopic (exact) mass is 177 g/mol. The van der Waals surface area contributed by atoms with Crippen LogP contribution in [0.5, 0.6) is 5.75 Å². The SMILES string of the molecule is COc1cnc2c(c1)C(=O)CCC2. The topological polar surface area (TPSA) is 39.2 Å². The van der Waals surface area contributed by atoms with Crippen LogP contribution in [0.2, 0.25) is 0 Å². The maximum Gasteiger partial charge on any atom is 0.164 e. The van der Waals surface area contributed by atoms with Gasteiger partial charge in [0, 0.05) is 12.0 Å². The minimum atomic E-state index is 0.188. The van der Waals surface area contributed by atoms with Crippen LogP contribution in [0.3, 0.4) is 0 Å². The largest absolute Gasteiger partial charge is 0.495 e. The number of ether oxygens (including phenoxy) is 1. The average molecular weight is 177 g/mol. The predicted octanol–water partition coefficient (Wildman–Crippen LogP) is 1.61. The van der Waals surface area contributed by atoms with Gasteiger partial charge >= 0.3 is 0 Å². The molecule has 0 N–H and O–H groups in total. The Morgan fingerprint density at radius 2 is 2.31 bits per heavy atom. The second-order valence-corrected chi connectivity index (χ2v) is 3.15. The Morgan fingerprint density at radius 3 is 3.08 bits per heavy atom. The molecule has 1 aliphatic rings. The van der Waals surface area contributed by atoms with Gasteiger partial charge in [-0.05, 0) is 18.9 Å². The molecule has 2 rings (SSSR count). The van der Waals surface area contributed by atoms with Crippen molar-refractivity contribution in [3.63, 3.8) is 0 Å². The lowest BCUT2D eigenvalue weighted by Gasteiger charge is -2.13. The molecule has 0 saturated carbocycles. The number of hydrogen-bond acceptors (Lipinski definition) is 3. The van der Waals surface area contributed by atoms with E-state index in [4.69, 9.17) is 4.74 Å². The number of aromatic nitrogens is 1. The average Bonchev–Trinajstić information content (AvgIpc) is 2.18. The third-order valence-corrected chi connectivity index (χ3v) is 2.30. The molecule has 1 aromatic heterocycles. The van der Waals surface area contributed by atoms with Crippen LogP contribution in [0.25, 0.3) is 0 Å². The second-order valence-electron chi connectivity index (χ2n) is 3.15. The first-order valence-corrected chi connectivity index (χ1v) is 4.37. The van der Waals surface area contributed by atoms with E-state index in [1.54, 1.807) is 19.4 Å². The molecule has 0 aliphatic heterocycles. The molecule has 0 amide bonds. The Kier molecular flexibility index (Phi) is 2.00. The number of ketones is 1. The molecule has 0 aromatic carbocycles. The maximum atomic E-state index is 11.5. The molecule has 3 heteroatoms. The highest BCUT2D eigenvalue weighted by molar-refractivity contribution is 5.98. The van der Waals surface area contributed by atoms with E-state index in [2.05, 4.69) is 4.98 Å². The van der Waals surface area contributed by atoms with E-state index in [1.807, 2.05) is 0 Å². The molecule has 0 bridgehead atoms. The first-order chi connectivity index (χ1) is 6.31. The van der Waals surface area contributed by atoms with Gasteiger partial charge in [0.1, 0.15) is 5.75 Å². The van der Waals surface area contributed by atoms with Crippen molar-refractivity contribution in [3.05, 3.63) is 23.5 Å². The Bertz CT molecular complexity index is 347. The Hall–Kier alpha value is -1.38. The van der Waals surface area contributed by atoms with Gasteiger partial charge in [0.05, 0.1) is 19.0 Å². The minimum absolute atomic E-state index is 0.188. The van der Waals surface area contributed by atoms with Gasteiger partial charge in [-0.1, -0.05) is 0 Å². The molecule has 0 fully saturated rings. The van der Waals surface area contributed by atoms with Crippen molar-refractivity contribution < 1.29 is 9.53 Å². The Labute approximate surface area is 76.7 Å². The van der Waals surface area contributed by atoms with Crippen LogP contribution < -0.4 is 4.74 Å². The standard InChI is InChI=1S/C10H11NO2/c1-13-7-5-8-9(11-6-7)3-2-4-10(8)12/h5-6H,2-4H2,1H3. The van der Waals surface area contributed by atoms with Crippen molar-refractivity contribution in [2.45, 2.75) is 19.3 Å². The predicted molar refractivity (Wildman–Crippen MR) is 48.1 cm³/mol. The first-order valence-electron chi connectivity index (χ1n) is 4.37. The van der Waals surface area contributed by atoms with Crippen LogP contribution in [-0.4, -0.2) is 17.9 Å². The molecule has 0 unspecified atom stereocenters. The number of carbonyl (C=O) groups excluding carboxylic acids is 1. The van der Waals surface area contributed by atoms with E-state index in [-0.39, 0.29) is 5.78 Å². The van der Waals surface area contributed by atoms with Crippen LogP contribution in [0.4, 0.5) is 0 Å². The van der Waals surface area contributed by atoms with E-state index in [0.29, 0.717) is 12.2 Å². The summed E-state index contributed by atoms with van der Waals surface area (Å²) in [5.74, 6) is 0.849. The Morgan fingerprint density at radius 1 is 1.46 bits per heavy atom. The summed E-state index contributed by atoms with van der Waals surface area (Å²) in [7, 11) is 1.58. The number of rotatable bonds is 1. The number of nitrogens with zero attached hydrogens (tertiary/aromatic N) is 1. The van der Waals surface area contributed by atoms with Crippen molar-refractivity contribution >= 4 is 5.78 Å². The number of aryl methyl sites for hydroxylation is 1. The van der Waals surface area contributed by atoms with Crippen LogP contribution in [0.15, 0.2) is 12.3 Å². The lowest BCUT2D eigenvalue weighted by molar-refractivity contribution is 0.0971. The van der Waals surface area contributed by atoms with Gasteiger partial charge in [-0.25, -0.2) is 0 Å². The summed E-state index contributed by atoms with van der Waals surface area (Å²) in [5, 5.41) is 0. The van der Waals surface area contributed by atoms with Gasteiger partial charge in [0.2, 0.25) is 0 Å². The van der Waals surface area contributed by atoms with E-state index in [9.17, 15) is 4.79 Å². The van der Waals surface area contributed by atoms with Crippen LogP contribution in [0, 0.1) is 0 Å². The number of hydrogen-bond donors (Lipinski definition) is 0. The van der Waals surface area contributed by atoms with Crippen molar-refractivity contribution in [2.24, 2.45) is 0 Å². The minimum Gasteiger partial charge on any atom is -0.495 e. The lowest BCUT2D eigenvalue weighted by atomic mass is 9.95. The summed E-state index contributed by atoms with van der Waals surface area (Å²) in [5.41, 5.74) is 1.66. The molecule has 0 radical (unpaired) electrons. The molecule has 3 nitrogen and oxygen atoms in total. The number of carbonyl (C=O) groups is 1. The highest BCUT2D eigenvalue weighted by atomic mass is 16.5. The fourth-order valence-corrected chi connectivity index (χ4v) is 1.58. The quantitative estimate of drug-likeness (QED) is 0.654. The molecule has 1 heterocycles. The van der Waals surface area contributed by atoms with Crippen molar-refractivity contribution in [2.75, 3.05) is 7.11 Å². The molecule has 13 heavy (non-hydrogen) atoms. The second kappa shape index (κ2) is 3.17. The summed E-state index contributed by atoms with van der Waals surface area (Å²) in [4.78, 5) is 15.7. The lowest BCUT2D eigenvalue weighted by Crippen LogP contribution is -2.12. The number of methoxy groups -OCH3 is 1. The van der Waals surface area contributed by atoms with Gasteiger partial charge in [-0.3, -0.25) is 9.78 Å². The Balaban J connectivity index is 2.47. The van der Waals surface area contributed by atoms with Crippen molar-refractivity contribution in [3.8, 4) is 5.75 Å². The third-order valence-electron chi connectivity index (χ3n) is 2.30. The van der Waals surface area contributed by atoms with Gasteiger partial charge in [0.15, 0.2) is 5.78 Å². The normalized spacial score (nSPS) is 15.3. The zero-order valence-corrected chi connectivity index (χ0v) is 7.54. The highest BCUT2D eigenvalue weighted by Gasteiger charge is 2.18.